The molecular formula is C12H17F2N3O2S. The SMILES string of the molecule is CN(CCNS(=O)(=O)c1c(F)cc(N)cc1F)C1CC1. The normalized spacial score (nSPS) is 15.8. The molecule has 0 heterocycles. The number of nitrogen functional groups attached to an aromatic ring is 1. The third-order valence-electron chi connectivity index (χ3n) is 3.22. The Morgan fingerprint density at radius 2 is 1.90 bits per heavy atom. The van der Waals surface area contributed by atoms with Crippen LogP contribution in [0.2, 0.25) is 0 Å². The molecule has 1 aromatic rings. The van der Waals surface area contributed by atoms with Crippen LogP contribution in [-0.2, 0) is 10.0 Å². The van der Waals surface area contributed by atoms with Crippen molar-refractivity contribution in [1.82, 2.24) is 9.62 Å². The zero-order valence-corrected chi connectivity index (χ0v) is 11.9. The molecule has 0 atom stereocenters. The lowest BCUT2D eigenvalue weighted by Gasteiger charge is -2.16. The Bertz CT molecular complexity index is 580. The molecule has 0 bridgehead atoms. The smallest absolute Gasteiger partial charge is 0.246 e. The van der Waals surface area contributed by atoms with Crippen molar-refractivity contribution in [2.45, 2.75) is 23.8 Å². The van der Waals surface area contributed by atoms with Gasteiger partial charge in [-0.3, -0.25) is 0 Å². The van der Waals surface area contributed by atoms with E-state index in [1.165, 1.54) is 0 Å². The Morgan fingerprint density at radius 1 is 1.35 bits per heavy atom. The predicted octanol–water partition coefficient (Wildman–Crippen LogP) is 0.919. The summed E-state index contributed by atoms with van der Waals surface area (Å²) in [4.78, 5) is 1.03. The van der Waals surface area contributed by atoms with E-state index < -0.39 is 26.6 Å². The molecule has 112 valence electrons. The molecule has 0 radical (unpaired) electrons. The highest BCUT2D eigenvalue weighted by Gasteiger charge is 2.27. The molecule has 8 heteroatoms. The first kappa shape index (κ1) is 15.1. The first-order chi connectivity index (χ1) is 9.31. The third kappa shape index (κ3) is 3.44. The average Bonchev–Trinajstić information content (AvgIpc) is 3.09. The maximum absolute atomic E-state index is 13.6. The van der Waals surface area contributed by atoms with E-state index in [2.05, 4.69) is 4.72 Å². The van der Waals surface area contributed by atoms with Gasteiger partial charge in [0, 0.05) is 24.8 Å². The average molecular weight is 305 g/mol. The molecule has 0 saturated heterocycles. The number of hydrogen-bond acceptors (Lipinski definition) is 4. The minimum atomic E-state index is -4.22. The summed E-state index contributed by atoms with van der Waals surface area (Å²) < 4.78 is 53.2. The lowest BCUT2D eigenvalue weighted by molar-refractivity contribution is 0.329. The van der Waals surface area contributed by atoms with Crippen LogP contribution in [-0.4, -0.2) is 39.5 Å². The van der Waals surface area contributed by atoms with Gasteiger partial charge in [-0.1, -0.05) is 0 Å². The molecule has 5 nitrogen and oxygen atoms in total. The highest BCUT2D eigenvalue weighted by Crippen LogP contribution is 2.25. The van der Waals surface area contributed by atoms with Gasteiger partial charge in [0.1, 0.15) is 11.6 Å². The molecular weight excluding hydrogens is 288 g/mol. The molecule has 1 aromatic carbocycles. The molecule has 1 fully saturated rings. The lowest BCUT2D eigenvalue weighted by atomic mass is 10.3. The van der Waals surface area contributed by atoms with E-state index in [1.807, 2.05) is 11.9 Å². The van der Waals surface area contributed by atoms with Crippen LogP contribution >= 0.6 is 0 Å². The fraction of sp³-hybridized carbons (Fsp3) is 0.500. The van der Waals surface area contributed by atoms with Crippen LogP contribution in [0.4, 0.5) is 14.5 Å². The lowest BCUT2D eigenvalue weighted by Crippen LogP contribution is -2.34. The van der Waals surface area contributed by atoms with Crippen LogP contribution in [0.1, 0.15) is 12.8 Å². The fourth-order valence-electron chi connectivity index (χ4n) is 1.96. The van der Waals surface area contributed by atoms with Crippen LogP contribution in [0.3, 0.4) is 0 Å². The molecule has 2 rings (SSSR count). The second-order valence-electron chi connectivity index (χ2n) is 4.92. The maximum atomic E-state index is 13.6. The first-order valence-electron chi connectivity index (χ1n) is 6.25. The topological polar surface area (TPSA) is 75.4 Å². The first-order valence-corrected chi connectivity index (χ1v) is 7.74. The van der Waals surface area contributed by atoms with Crippen molar-refractivity contribution >= 4 is 15.7 Å². The second kappa shape index (κ2) is 5.63. The summed E-state index contributed by atoms with van der Waals surface area (Å²) in [7, 11) is -2.34. The number of hydrogen-bond donors (Lipinski definition) is 2. The van der Waals surface area contributed by atoms with Crippen molar-refractivity contribution < 1.29 is 17.2 Å². The Hall–Kier alpha value is -1.25. The van der Waals surface area contributed by atoms with E-state index in [9.17, 15) is 17.2 Å². The number of nitrogens with two attached hydrogens (primary N) is 1. The molecule has 0 spiro atoms. The largest absolute Gasteiger partial charge is 0.399 e. The van der Waals surface area contributed by atoms with E-state index in [0.717, 1.165) is 25.0 Å². The van der Waals surface area contributed by atoms with Gasteiger partial charge in [-0.25, -0.2) is 21.9 Å². The molecule has 0 unspecified atom stereocenters. The molecule has 1 saturated carbocycles. The number of benzene rings is 1. The zero-order valence-electron chi connectivity index (χ0n) is 11.1. The highest BCUT2D eigenvalue weighted by atomic mass is 32.2. The molecule has 0 aliphatic heterocycles. The van der Waals surface area contributed by atoms with Gasteiger partial charge in [0.2, 0.25) is 10.0 Å². The molecule has 0 aromatic heterocycles. The van der Waals surface area contributed by atoms with Crippen molar-refractivity contribution in [3.8, 4) is 0 Å². The van der Waals surface area contributed by atoms with E-state index in [4.69, 9.17) is 5.73 Å². The molecule has 0 amide bonds. The van der Waals surface area contributed by atoms with E-state index in [-0.39, 0.29) is 12.2 Å². The Kier molecular flexibility index (Phi) is 4.26. The number of nitrogens with one attached hydrogen (secondary N) is 1. The van der Waals surface area contributed by atoms with Crippen molar-refractivity contribution in [2.24, 2.45) is 0 Å². The van der Waals surface area contributed by atoms with Gasteiger partial charge in [-0.2, -0.15) is 0 Å². The molecule has 20 heavy (non-hydrogen) atoms. The number of nitrogens with zero attached hydrogens (tertiary/aromatic N) is 1. The highest BCUT2D eigenvalue weighted by molar-refractivity contribution is 7.89. The number of halogens is 2. The molecule has 3 N–H and O–H groups in total. The second-order valence-corrected chi connectivity index (χ2v) is 6.63. The molecule has 1 aliphatic carbocycles. The Labute approximate surface area is 116 Å². The van der Waals surface area contributed by atoms with Crippen LogP contribution in [0.5, 0.6) is 0 Å². The van der Waals surface area contributed by atoms with Crippen LogP contribution < -0.4 is 10.5 Å². The third-order valence-corrected chi connectivity index (χ3v) is 4.73. The van der Waals surface area contributed by atoms with Crippen LogP contribution in [0, 0.1) is 11.6 Å². The summed E-state index contributed by atoms with van der Waals surface area (Å²) in [6, 6.07) is 2.06. The number of likely N-dealkylation sites (N-methyl/N-ethyl adjacent to an activating group) is 1. The molecule has 1 aliphatic rings. The number of sulfonamides is 1. The maximum Gasteiger partial charge on any atom is 0.246 e. The summed E-state index contributed by atoms with van der Waals surface area (Å²) in [5, 5.41) is 0. The van der Waals surface area contributed by atoms with Gasteiger partial charge in [-0.05, 0) is 32.0 Å². The van der Waals surface area contributed by atoms with Crippen molar-refractivity contribution in [2.75, 3.05) is 25.9 Å². The summed E-state index contributed by atoms with van der Waals surface area (Å²) in [6.45, 7) is 0.584. The Morgan fingerprint density at radius 3 is 2.40 bits per heavy atom. The summed E-state index contributed by atoms with van der Waals surface area (Å²) in [5.41, 5.74) is 5.09. The minimum Gasteiger partial charge on any atom is -0.399 e. The van der Waals surface area contributed by atoms with Gasteiger partial charge < -0.3 is 10.6 Å². The van der Waals surface area contributed by atoms with Gasteiger partial charge in [0.15, 0.2) is 4.90 Å². The quantitative estimate of drug-likeness (QED) is 0.766. The number of rotatable bonds is 6. The standard InChI is InChI=1S/C12H17F2N3O2S/c1-17(9-2-3-9)5-4-16-20(18,19)12-10(13)6-8(15)7-11(12)14/h6-7,9,16H,2-5,15H2,1H3. The van der Waals surface area contributed by atoms with Crippen molar-refractivity contribution in [3.05, 3.63) is 23.8 Å². The van der Waals surface area contributed by atoms with Gasteiger partial charge >= 0.3 is 0 Å². The minimum absolute atomic E-state index is 0.0958. The van der Waals surface area contributed by atoms with E-state index in [0.29, 0.717) is 12.6 Å². The fourth-order valence-corrected chi connectivity index (χ4v) is 3.10. The summed E-state index contributed by atoms with van der Waals surface area (Å²) in [5.74, 6) is -2.38. The van der Waals surface area contributed by atoms with Crippen LogP contribution in [0.25, 0.3) is 0 Å². The monoisotopic (exact) mass is 305 g/mol. The van der Waals surface area contributed by atoms with E-state index in [1.54, 1.807) is 0 Å². The van der Waals surface area contributed by atoms with Crippen molar-refractivity contribution in [3.63, 3.8) is 0 Å². The van der Waals surface area contributed by atoms with Gasteiger partial charge in [0.05, 0.1) is 0 Å². The predicted molar refractivity (Wildman–Crippen MR) is 71.6 cm³/mol. The van der Waals surface area contributed by atoms with Gasteiger partial charge in [0.25, 0.3) is 0 Å². The zero-order chi connectivity index (χ0) is 14.9. The summed E-state index contributed by atoms with van der Waals surface area (Å²) in [6.07, 6.45) is 2.20. The van der Waals surface area contributed by atoms with Crippen molar-refractivity contribution in [1.29, 1.82) is 0 Å². The van der Waals surface area contributed by atoms with E-state index >= 15 is 0 Å². The summed E-state index contributed by atoms with van der Waals surface area (Å²) >= 11 is 0. The number of anilines is 1. The van der Waals surface area contributed by atoms with Gasteiger partial charge in [-0.15, -0.1) is 0 Å². The van der Waals surface area contributed by atoms with Crippen LogP contribution in [0.15, 0.2) is 17.0 Å². The Balaban J connectivity index is 2.06.